The zero-order valence-corrected chi connectivity index (χ0v) is 9.64. The molecule has 4 nitrogen and oxygen atoms in total. The molecule has 0 atom stereocenters. The van der Waals surface area contributed by atoms with Crippen LogP contribution in [0, 0.1) is 11.7 Å². The number of hydrogen-bond donors (Lipinski definition) is 1. The maximum atomic E-state index is 12.7. The van der Waals surface area contributed by atoms with Gasteiger partial charge in [0.1, 0.15) is 11.5 Å². The maximum Gasteiger partial charge on any atom is 0.272 e. The number of halogens is 1. The summed E-state index contributed by atoms with van der Waals surface area (Å²) >= 11 is 0. The van der Waals surface area contributed by atoms with Gasteiger partial charge in [-0.1, -0.05) is 0 Å². The number of aliphatic hydroxyl groups excluding tert-OH is 1. The van der Waals surface area contributed by atoms with E-state index in [1.54, 1.807) is 11.9 Å². The molecule has 1 fully saturated rings. The first-order valence-corrected chi connectivity index (χ1v) is 5.61. The minimum atomic E-state index is -0.452. The predicted molar refractivity (Wildman–Crippen MR) is 59.9 cm³/mol. The van der Waals surface area contributed by atoms with E-state index in [1.807, 2.05) is 0 Å². The van der Waals surface area contributed by atoms with E-state index in [2.05, 4.69) is 4.98 Å². The summed E-state index contributed by atoms with van der Waals surface area (Å²) in [7, 11) is 1.69. The van der Waals surface area contributed by atoms with Crippen LogP contribution in [-0.4, -0.2) is 40.6 Å². The first-order valence-electron chi connectivity index (χ1n) is 5.61. The fraction of sp³-hybridized carbons (Fsp3) is 0.500. The number of aromatic nitrogens is 1. The smallest absolute Gasteiger partial charge is 0.272 e. The van der Waals surface area contributed by atoms with Crippen LogP contribution in [0.25, 0.3) is 0 Å². The molecule has 0 unspecified atom stereocenters. The van der Waals surface area contributed by atoms with Crippen molar-refractivity contribution in [3.05, 3.63) is 29.8 Å². The number of pyridine rings is 1. The molecular weight excluding hydrogens is 223 g/mol. The van der Waals surface area contributed by atoms with Crippen LogP contribution in [0.5, 0.6) is 0 Å². The predicted octanol–water partition coefficient (Wildman–Crippen LogP) is 1.06. The zero-order chi connectivity index (χ0) is 12.4. The molecule has 92 valence electrons. The Morgan fingerprint density at radius 1 is 1.59 bits per heavy atom. The van der Waals surface area contributed by atoms with Gasteiger partial charge in [-0.05, 0) is 30.9 Å². The molecule has 0 aromatic carbocycles. The van der Waals surface area contributed by atoms with Gasteiger partial charge >= 0.3 is 0 Å². The summed E-state index contributed by atoms with van der Waals surface area (Å²) in [5.41, 5.74) is 0.244. The van der Waals surface area contributed by atoms with Gasteiger partial charge in [0.2, 0.25) is 0 Å². The first-order chi connectivity index (χ1) is 8.06. The highest BCUT2D eigenvalue weighted by Gasteiger charge is 2.29. The fourth-order valence-corrected chi connectivity index (χ4v) is 2.02. The Morgan fingerprint density at radius 3 is 2.82 bits per heavy atom. The number of aliphatic hydroxyl groups is 1. The first kappa shape index (κ1) is 12.0. The van der Waals surface area contributed by atoms with Gasteiger partial charge < -0.3 is 10.0 Å². The van der Waals surface area contributed by atoms with Crippen LogP contribution in [0.3, 0.4) is 0 Å². The van der Waals surface area contributed by atoms with Crippen LogP contribution < -0.4 is 0 Å². The summed E-state index contributed by atoms with van der Waals surface area (Å²) < 4.78 is 12.7. The van der Waals surface area contributed by atoms with Gasteiger partial charge in [-0.2, -0.15) is 0 Å². The molecular formula is C12H15FN2O2. The maximum absolute atomic E-state index is 12.7. The van der Waals surface area contributed by atoms with Gasteiger partial charge in [-0.3, -0.25) is 4.79 Å². The quantitative estimate of drug-likeness (QED) is 0.856. The Bertz CT molecular complexity index is 401. The molecule has 1 aromatic rings. The topological polar surface area (TPSA) is 53.4 Å². The number of carbonyl (C=O) groups excluding carboxylic acids is 1. The molecule has 1 N–H and O–H groups in total. The third-order valence-electron chi connectivity index (χ3n) is 3.04. The lowest BCUT2D eigenvalue weighted by atomic mass is 9.82. The van der Waals surface area contributed by atoms with Gasteiger partial charge in [0.25, 0.3) is 5.91 Å². The molecule has 1 saturated carbocycles. The van der Waals surface area contributed by atoms with E-state index in [0.29, 0.717) is 12.5 Å². The van der Waals surface area contributed by atoms with Crippen LogP contribution in [0.15, 0.2) is 18.3 Å². The Labute approximate surface area is 99.1 Å². The van der Waals surface area contributed by atoms with Crippen molar-refractivity contribution < 1.29 is 14.3 Å². The molecule has 5 heteroatoms. The van der Waals surface area contributed by atoms with Crippen molar-refractivity contribution in [3.63, 3.8) is 0 Å². The largest absolute Gasteiger partial charge is 0.393 e. The second kappa shape index (κ2) is 4.79. The molecule has 0 spiro atoms. The molecule has 17 heavy (non-hydrogen) atoms. The molecule has 0 aliphatic heterocycles. The summed E-state index contributed by atoms with van der Waals surface area (Å²) in [6, 6.07) is 2.60. The summed E-state index contributed by atoms with van der Waals surface area (Å²) in [6.07, 6.45) is 2.31. The SMILES string of the molecule is CN(CC1CC(O)C1)C(=O)c1ccc(F)cn1. The fourth-order valence-electron chi connectivity index (χ4n) is 2.02. The molecule has 0 radical (unpaired) electrons. The molecule has 1 aromatic heterocycles. The minimum absolute atomic E-state index is 0.215. The molecule has 0 saturated heterocycles. The highest BCUT2D eigenvalue weighted by Crippen LogP contribution is 2.27. The molecule has 0 bridgehead atoms. The van der Waals surface area contributed by atoms with E-state index >= 15 is 0 Å². The summed E-state index contributed by atoms with van der Waals surface area (Å²) in [4.78, 5) is 17.2. The lowest BCUT2D eigenvalue weighted by Gasteiger charge is -2.34. The van der Waals surface area contributed by atoms with Gasteiger partial charge in [0, 0.05) is 13.6 Å². The molecule has 2 rings (SSSR count). The third kappa shape index (κ3) is 2.79. The highest BCUT2D eigenvalue weighted by atomic mass is 19.1. The van der Waals surface area contributed by atoms with E-state index in [1.165, 1.54) is 12.1 Å². The lowest BCUT2D eigenvalue weighted by Crippen LogP contribution is -2.39. The molecule has 1 amide bonds. The average Bonchev–Trinajstić information content (AvgIpc) is 2.27. The van der Waals surface area contributed by atoms with E-state index in [0.717, 1.165) is 19.0 Å². The van der Waals surface area contributed by atoms with E-state index in [9.17, 15) is 9.18 Å². The van der Waals surface area contributed by atoms with E-state index in [-0.39, 0.29) is 17.7 Å². The highest BCUT2D eigenvalue weighted by molar-refractivity contribution is 5.92. The monoisotopic (exact) mass is 238 g/mol. The number of amides is 1. The minimum Gasteiger partial charge on any atom is -0.393 e. The van der Waals surface area contributed by atoms with Crippen LogP contribution in [0.2, 0.25) is 0 Å². The van der Waals surface area contributed by atoms with Crippen molar-refractivity contribution in [2.45, 2.75) is 18.9 Å². The van der Waals surface area contributed by atoms with Crippen molar-refractivity contribution in [3.8, 4) is 0 Å². The standard InChI is InChI=1S/C12H15FN2O2/c1-15(7-8-4-10(16)5-8)12(17)11-3-2-9(13)6-14-11/h2-3,6,8,10,16H,4-5,7H2,1H3. The third-order valence-corrected chi connectivity index (χ3v) is 3.04. The van der Waals surface area contributed by atoms with Crippen LogP contribution in [0.1, 0.15) is 23.3 Å². The summed E-state index contributed by atoms with van der Waals surface area (Å²) in [5.74, 6) is -0.308. The number of hydrogen-bond acceptors (Lipinski definition) is 3. The van der Waals surface area contributed by atoms with Gasteiger partial charge in [-0.25, -0.2) is 9.37 Å². The van der Waals surface area contributed by atoms with Gasteiger partial charge in [0.05, 0.1) is 12.3 Å². The summed E-state index contributed by atoms with van der Waals surface area (Å²) in [5, 5.41) is 9.16. The number of nitrogens with zero attached hydrogens (tertiary/aromatic N) is 2. The van der Waals surface area contributed by atoms with Crippen molar-refractivity contribution in [2.24, 2.45) is 5.92 Å². The average molecular weight is 238 g/mol. The van der Waals surface area contributed by atoms with Gasteiger partial charge in [-0.15, -0.1) is 0 Å². The van der Waals surface area contributed by atoms with Crippen molar-refractivity contribution >= 4 is 5.91 Å². The molecule has 1 heterocycles. The second-order valence-corrected chi connectivity index (χ2v) is 4.54. The van der Waals surface area contributed by atoms with Gasteiger partial charge in [0.15, 0.2) is 0 Å². The normalized spacial score (nSPS) is 23.0. The van der Waals surface area contributed by atoms with Crippen molar-refractivity contribution in [1.82, 2.24) is 9.88 Å². The number of carbonyl (C=O) groups is 1. The van der Waals surface area contributed by atoms with Crippen LogP contribution in [0.4, 0.5) is 4.39 Å². The second-order valence-electron chi connectivity index (χ2n) is 4.54. The van der Waals surface area contributed by atoms with Crippen LogP contribution in [-0.2, 0) is 0 Å². The van der Waals surface area contributed by atoms with Crippen molar-refractivity contribution in [1.29, 1.82) is 0 Å². The Morgan fingerprint density at radius 2 is 2.29 bits per heavy atom. The summed E-state index contributed by atoms with van der Waals surface area (Å²) in [6.45, 7) is 0.606. The van der Waals surface area contributed by atoms with Crippen LogP contribution >= 0.6 is 0 Å². The molecule has 1 aliphatic carbocycles. The Hall–Kier alpha value is -1.49. The van der Waals surface area contributed by atoms with E-state index in [4.69, 9.17) is 5.11 Å². The lowest BCUT2D eigenvalue weighted by molar-refractivity contribution is 0.0264. The number of rotatable bonds is 3. The van der Waals surface area contributed by atoms with Crippen molar-refractivity contribution in [2.75, 3.05) is 13.6 Å². The molecule has 1 aliphatic rings. The van der Waals surface area contributed by atoms with E-state index < -0.39 is 5.82 Å². The zero-order valence-electron chi connectivity index (χ0n) is 9.64. The Kier molecular flexibility index (Phi) is 3.38. The Balaban J connectivity index is 1.92.